The number of nitrogens with one attached hydrogen (secondary N) is 1. The van der Waals surface area contributed by atoms with E-state index in [1.54, 1.807) is 6.20 Å². The number of terminal acetylenes is 1. The highest BCUT2D eigenvalue weighted by atomic mass is 79.9. The normalized spacial score (nSPS) is 18.2. The fourth-order valence-corrected chi connectivity index (χ4v) is 2.47. The van der Waals surface area contributed by atoms with Gasteiger partial charge in [0.2, 0.25) is 0 Å². The van der Waals surface area contributed by atoms with Gasteiger partial charge in [-0.3, -0.25) is 4.79 Å². The second-order valence-electron chi connectivity index (χ2n) is 4.39. The van der Waals surface area contributed by atoms with E-state index in [0.717, 1.165) is 32.4 Å². The number of nitrogens with zero attached hydrogens (tertiary/aromatic N) is 2. The zero-order valence-corrected chi connectivity index (χ0v) is 12.1. The molecule has 0 aromatic carbocycles. The van der Waals surface area contributed by atoms with E-state index in [0.29, 0.717) is 16.3 Å². The molecular formula is C13H16BrN3O2. The first kappa shape index (κ1) is 14.1. The number of aromatic nitrogens is 2. The van der Waals surface area contributed by atoms with E-state index in [1.165, 1.54) is 4.68 Å². The van der Waals surface area contributed by atoms with Gasteiger partial charge < -0.3 is 10.1 Å². The molecule has 0 aliphatic carbocycles. The zero-order valence-electron chi connectivity index (χ0n) is 10.6. The first-order valence-electron chi connectivity index (χ1n) is 6.27. The minimum absolute atomic E-state index is 0.174. The summed E-state index contributed by atoms with van der Waals surface area (Å²) in [7, 11) is 0. The molecule has 2 heterocycles. The van der Waals surface area contributed by atoms with Crippen LogP contribution < -0.4 is 10.9 Å². The quantitative estimate of drug-likeness (QED) is 0.836. The Morgan fingerprint density at radius 1 is 1.68 bits per heavy atom. The van der Waals surface area contributed by atoms with Gasteiger partial charge >= 0.3 is 0 Å². The van der Waals surface area contributed by atoms with Crippen LogP contribution in [0.4, 0.5) is 5.69 Å². The first-order valence-corrected chi connectivity index (χ1v) is 7.06. The summed E-state index contributed by atoms with van der Waals surface area (Å²) in [5, 5.41) is 7.21. The number of halogens is 1. The smallest absolute Gasteiger partial charge is 0.284 e. The van der Waals surface area contributed by atoms with Crippen LogP contribution in [0.15, 0.2) is 15.5 Å². The molecule has 6 heteroatoms. The Hall–Kier alpha value is -1.32. The van der Waals surface area contributed by atoms with E-state index in [4.69, 9.17) is 11.2 Å². The SMILES string of the molecule is C#CCn1ncc(NCCC2CCCO2)c(Br)c1=O. The minimum atomic E-state index is -0.222. The van der Waals surface area contributed by atoms with E-state index in [9.17, 15) is 4.79 Å². The maximum absolute atomic E-state index is 11.9. The maximum atomic E-state index is 11.9. The Labute approximate surface area is 120 Å². The van der Waals surface area contributed by atoms with E-state index >= 15 is 0 Å². The fraction of sp³-hybridized carbons (Fsp3) is 0.538. The van der Waals surface area contributed by atoms with Gasteiger partial charge in [-0.05, 0) is 35.2 Å². The second kappa shape index (κ2) is 6.73. The summed E-state index contributed by atoms with van der Waals surface area (Å²) in [5.74, 6) is 2.39. The number of hydrogen-bond acceptors (Lipinski definition) is 4. The van der Waals surface area contributed by atoms with E-state index in [1.807, 2.05) is 0 Å². The third kappa shape index (κ3) is 3.58. The molecule has 1 aliphatic heterocycles. The molecule has 2 rings (SSSR count). The molecule has 1 saturated heterocycles. The van der Waals surface area contributed by atoms with Crippen molar-refractivity contribution in [1.82, 2.24) is 9.78 Å². The second-order valence-corrected chi connectivity index (χ2v) is 5.18. The van der Waals surface area contributed by atoms with Crippen molar-refractivity contribution in [3.05, 3.63) is 21.0 Å². The molecule has 1 aromatic heterocycles. The van der Waals surface area contributed by atoms with Gasteiger partial charge in [-0.25, -0.2) is 4.68 Å². The molecule has 1 unspecified atom stereocenters. The van der Waals surface area contributed by atoms with Crippen LogP contribution in [0.5, 0.6) is 0 Å². The number of rotatable bonds is 5. The van der Waals surface area contributed by atoms with Crippen LogP contribution in [0.1, 0.15) is 19.3 Å². The molecule has 5 nitrogen and oxygen atoms in total. The van der Waals surface area contributed by atoms with Crippen LogP contribution in [0.3, 0.4) is 0 Å². The van der Waals surface area contributed by atoms with Crippen LogP contribution in [-0.4, -0.2) is 29.0 Å². The van der Waals surface area contributed by atoms with E-state index in [2.05, 4.69) is 32.3 Å². The van der Waals surface area contributed by atoms with Crippen molar-refractivity contribution < 1.29 is 4.74 Å². The van der Waals surface area contributed by atoms with Crippen molar-refractivity contribution in [2.24, 2.45) is 0 Å². The maximum Gasteiger partial charge on any atom is 0.284 e. The molecule has 1 atom stereocenters. The summed E-state index contributed by atoms with van der Waals surface area (Å²) in [6, 6.07) is 0. The van der Waals surface area contributed by atoms with Gasteiger partial charge in [-0.1, -0.05) is 5.92 Å². The van der Waals surface area contributed by atoms with Crippen LogP contribution >= 0.6 is 15.9 Å². The largest absolute Gasteiger partial charge is 0.383 e. The van der Waals surface area contributed by atoms with E-state index in [-0.39, 0.29) is 12.1 Å². The first-order chi connectivity index (χ1) is 9.22. The van der Waals surface area contributed by atoms with Crippen LogP contribution in [0.25, 0.3) is 0 Å². The van der Waals surface area contributed by atoms with Gasteiger partial charge in [0.05, 0.1) is 18.0 Å². The average Bonchev–Trinajstić information content (AvgIpc) is 2.91. The van der Waals surface area contributed by atoms with Gasteiger partial charge in [0.25, 0.3) is 5.56 Å². The number of hydrogen-bond donors (Lipinski definition) is 1. The Morgan fingerprint density at radius 3 is 3.21 bits per heavy atom. The van der Waals surface area contributed by atoms with E-state index < -0.39 is 0 Å². The Morgan fingerprint density at radius 2 is 2.53 bits per heavy atom. The Kier molecular flexibility index (Phi) is 5.00. The topological polar surface area (TPSA) is 56.1 Å². The van der Waals surface area contributed by atoms with Gasteiger partial charge in [0.1, 0.15) is 11.0 Å². The third-order valence-electron chi connectivity index (χ3n) is 3.03. The molecular weight excluding hydrogens is 310 g/mol. The van der Waals surface area contributed by atoms with Gasteiger partial charge in [-0.15, -0.1) is 6.42 Å². The van der Waals surface area contributed by atoms with Crippen molar-refractivity contribution in [1.29, 1.82) is 0 Å². The molecule has 19 heavy (non-hydrogen) atoms. The number of anilines is 1. The average molecular weight is 326 g/mol. The Bertz CT molecular complexity index is 530. The predicted octanol–water partition coefficient (Wildman–Crippen LogP) is 1.62. The molecule has 0 amide bonds. The molecule has 1 fully saturated rings. The van der Waals surface area contributed by atoms with Crippen LogP contribution in [-0.2, 0) is 11.3 Å². The Balaban J connectivity index is 1.95. The summed E-state index contributed by atoms with van der Waals surface area (Å²) in [5.41, 5.74) is 0.469. The molecule has 102 valence electrons. The molecule has 1 aliphatic rings. The summed E-state index contributed by atoms with van der Waals surface area (Å²) < 4.78 is 7.25. The lowest BCUT2D eigenvalue weighted by atomic mass is 10.2. The van der Waals surface area contributed by atoms with Crippen LogP contribution in [0.2, 0.25) is 0 Å². The van der Waals surface area contributed by atoms with Crippen molar-refractivity contribution in [2.75, 3.05) is 18.5 Å². The standard InChI is InChI=1S/C13H16BrN3O2/c1-2-7-17-13(18)12(14)11(9-16-17)15-6-5-10-4-3-8-19-10/h1,9-10,15H,3-8H2. The molecule has 1 aromatic rings. The molecule has 0 radical (unpaired) electrons. The van der Waals surface area contributed by atoms with Crippen molar-refractivity contribution >= 4 is 21.6 Å². The summed E-state index contributed by atoms with van der Waals surface area (Å²) in [6.07, 6.45) is 10.3. The number of ether oxygens (including phenoxy) is 1. The summed E-state index contributed by atoms with van der Waals surface area (Å²) >= 11 is 3.28. The predicted molar refractivity (Wildman–Crippen MR) is 77.1 cm³/mol. The lowest BCUT2D eigenvalue weighted by Crippen LogP contribution is -2.24. The molecule has 0 saturated carbocycles. The van der Waals surface area contributed by atoms with Gasteiger partial charge in [-0.2, -0.15) is 5.10 Å². The zero-order chi connectivity index (χ0) is 13.7. The lowest BCUT2D eigenvalue weighted by molar-refractivity contribution is 0.107. The highest BCUT2D eigenvalue weighted by molar-refractivity contribution is 9.10. The van der Waals surface area contributed by atoms with Crippen molar-refractivity contribution in [3.8, 4) is 12.3 Å². The highest BCUT2D eigenvalue weighted by Crippen LogP contribution is 2.18. The summed E-state index contributed by atoms with van der Waals surface area (Å²) in [6.45, 7) is 1.79. The highest BCUT2D eigenvalue weighted by Gasteiger charge is 2.15. The molecule has 0 bridgehead atoms. The van der Waals surface area contributed by atoms with Crippen LogP contribution in [0, 0.1) is 12.3 Å². The van der Waals surface area contributed by atoms with Gasteiger partial charge in [0.15, 0.2) is 0 Å². The third-order valence-corrected chi connectivity index (χ3v) is 3.80. The van der Waals surface area contributed by atoms with Gasteiger partial charge in [0, 0.05) is 13.2 Å². The minimum Gasteiger partial charge on any atom is -0.383 e. The lowest BCUT2D eigenvalue weighted by Gasteiger charge is -2.12. The summed E-state index contributed by atoms with van der Waals surface area (Å²) in [4.78, 5) is 11.9. The monoisotopic (exact) mass is 325 g/mol. The van der Waals surface area contributed by atoms with Crippen molar-refractivity contribution in [2.45, 2.75) is 31.9 Å². The fourth-order valence-electron chi connectivity index (χ4n) is 2.03. The van der Waals surface area contributed by atoms with Crippen molar-refractivity contribution in [3.63, 3.8) is 0 Å². The molecule has 1 N–H and O–H groups in total. The molecule has 0 spiro atoms.